The molecule has 0 amide bonds. The molecular weight excluding hydrogens is 142 g/mol. The number of hydrogen-bond donors (Lipinski definition) is 1. The molecule has 4 nitrogen and oxygen atoms in total. The van der Waals surface area contributed by atoms with Crippen LogP contribution >= 0.6 is 0 Å². The third kappa shape index (κ3) is 2.66. The summed E-state index contributed by atoms with van der Waals surface area (Å²) in [5, 5.41) is 3.19. The molecule has 11 heavy (non-hydrogen) atoms. The normalized spacial score (nSPS) is 10.2. The minimum atomic E-state index is 0.432. The number of hydrogen-bond acceptors (Lipinski definition) is 3. The molecule has 1 aromatic rings. The highest BCUT2D eigenvalue weighted by molar-refractivity contribution is 5.44. The summed E-state index contributed by atoms with van der Waals surface area (Å²) in [4.78, 5) is 0. The molecule has 2 N–H and O–H groups in total. The molecule has 0 atom stereocenters. The Hall–Kier alpha value is -1.58. The predicted molar refractivity (Wildman–Crippen MR) is 40.4 cm³/mol. The van der Waals surface area contributed by atoms with E-state index in [0.29, 0.717) is 6.73 Å². The van der Waals surface area contributed by atoms with E-state index in [1.807, 2.05) is 35.2 Å². The largest absolute Gasteiger partial charge is 0.424 e. The highest BCUT2D eigenvalue weighted by Crippen LogP contribution is 1.76. The van der Waals surface area contributed by atoms with Crippen LogP contribution in [-0.4, -0.2) is 6.40 Å². The molecule has 0 aliphatic rings. The average Bonchev–Trinajstić information content (AvgIpc) is 2.07. The van der Waals surface area contributed by atoms with Gasteiger partial charge in [0.15, 0.2) is 18.8 Å². The standard InChI is InChI=1S/C7H10N3O/c8-9-6-11-7-10-4-2-1-3-5-10/h1-6H,7-8H2/q+1. The van der Waals surface area contributed by atoms with Crippen LogP contribution in [0.25, 0.3) is 0 Å². The Morgan fingerprint density at radius 1 is 1.36 bits per heavy atom. The first-order valence-corrected chi connectivity index (χ1v) is 3.21. The van der Waals surface area contributed by atoms with Crippen LogP contribution in [0.2, 0.25) is 0 Å². The number of rotatable bonds is 3. The smallest absolute Gasteiger partial charge is 0.293 e. The Bertz CT molecular complexity index is 222. The lowest BCUT2D eigenvalue weighted by Gasteiger charge is -1.92. The zero-order valence-corrected chi connectivity index (χ0v) is 6.05. The van der Waals surface area contributed by atoms with Gasteiger partial charge in [-0.3, -0.25) is 0 Å². The summed E-state index contributed by atoms with van der Waals surface area (Å²) in [5.74, 6) is 4.83. The van der Waals surface area contributed by atoms with Crippen molar-refractivity contribution >= 4 is 6.40 Å². The van der Waals surface area contributed by atoms with E-state index in [1.54, 1.807) is 0 Å². The van der Waals surface area contributed by atoms with Crippen molar-refractivity contribution in [2.24, 2.45) is 10.9 Å². The van der Waals surface area contributed by atoms with Gasteiger partial charge in [0.2, 0.25) is 0 Å². The summed E-state index contributed by atoms with van der Waals surface area (Å²) in [6, 6.07) is 5.78. The Kier molecular flexibility index (Phi) is 2.92. The van der Waals surface area contributed by atoms with E-state index in [-0.39, 0.29) is 0 Å². The third-order valence-corrected chi connectivity index (χ3v) is 1.14. The maximum atomic E-state index is 4.92. The fourth-order valence-electron chi connectivity index (χ4n) is 0.683. The first-order valence-electron chi connectivity index (χ1n) is 3.21. The molecule has 0 fully saturated rings. The van der Waals surface area contributed by atoms with Crippen LogP contribution in [-0.2, 0) is 11.5 Å². The van der Waals surface area contributed by atoms with Crippen LogP contribution in [0.3, 0.4) is 0 Å². The van der Waals surface area contributed by atoms with Crippen molar-refractivity contribution < 1.29 is 9.30 Å². The predicted octanol–water partition coefficient (Wildman–Crippen LogP) is -0.150. The number of hydrazone groups is 1. The Balaban J connectivity index is 2.39. The van der Waals surface area contributed by atoms with Crippen LogP contribution in [0, 0.1) is 0 Å². The quantitative estimate of drug-likeness (QED) is 0.215. The van der Waals surface area contributed by atoms with E-state index in [9.17, 15) is 0 Å². The highest BCUT2D eigenvalue weighted by Gasteiger charge is 1.92. The molecule has 0 aliphatic carbocycles. The van der Waals surface area contributed by atoms with Gasteiger partial charge in [-0.2, -0.15) is 9.67 Å². The molecule has 0 aromatic carbocycles. The second-order valence-electron chi connectivity index (χ2n) is 1.94. The first kappa shape index (κ1) is 7.53. The molecular formula is C7H10N3O+. The molecule has 0 unspecified atom stereocenters. The monoisotopic (exact) mass is 152 g/mol. The topological polar surface area (TPSA) is 51.5 Å². The molecule has 4 heteroatoms. The van der Waals surface area contributed by atoms with Crippen molar-refractivity contribution in [3.63, 3.8) is 0 Å². The molecule has 1 heterocycles. The third-order valence-electron chi connectivity index (χ3n) is 1.14. The summed E-state index contributed by atoms with van der Waals surface area (Å²) >= 11 is 0. The van der Waals surface area contributed by atoms with Gasteiger partial charge in [0.25, 0.3) is 6.73 Å². The van der Waals surface area contributed by atoms with Crippen molar-refractivity contribution in [3.05, 3.63) is 30.6 Å². The second kappa shape index (κ2) is 4.27. The van der Waals surface area contributed by atoms with Gasteiger partial charge >= 0.3 is 0 Å². The maximum Gasteiger partial charge on any atom is 0.293 e. The SMILES string of the molecule is NN=COC[n+]1ccccc1. The number of nitrogens with zero attached hydrogens (tertiary/aromatic N) is 2. The molecule has 1 aromatic heterocycles. The van der Waals surface area contributed by atoms with E-state index in [4.69, 9.17) is 10.6 Å². The van der Waals surface area contributed by atoms with E-state index >= 15 is 0 Å². The number of aromatic nitrogens is 1. The van der Waals surface area contributed by atoms with Crippen molar-refractivity contribution in [3.8, 4) is 0 Å². The molecule has 58 valence electrons. The molecule has 1 rings (SSSR count). The van der Waals surface area contributed by atoms with Crippen molar-refractivity contribution in [1.29, 1.82) is 0 Å². The zero-order valence-electron chi connectivity index (χ0n) is 6.05. The lowest BCUT2D eigenvalue weighted by atomic mass is 10.5. The second-order valence-corrected chi connectivity index (χ2v) is 1.94. The first-order chi connectivity index (χ1) is 5.43. The van der Waals surface area contributed by atoms with Crippen LogP contribution in [0.4, 0.5) is 0 Å². The van der Waals surface area contributed by atoms with Gasteiger partial charge in [0.1, 0.15) is 0 Å². The Morgan fingerprint density at radius 3 is 2.73 bits per heavy atom. The van der Waals surface area contributed by atoms with E-state index in [1.165, 1.54) is 6.40 Å². The van der Waals surface area contributed by atoms with Gasteiger partial charge in [-0.05, 0) is 0 Å². The molecule has 0 bridgehead atoms. The van der Waals surface area contributed by atoms with Gasteiger partial charge in [0.05, 0.1) is 0 Å². The van der Waals surface area contributed by atoms with Crippen LogP contribution in [0.5, 0.6) is 0 Å². The maximum absolute atomic E-state index is 4.92. The summed E-state index contributed by atoms with van der Waals surface area (Å²) in [6.45, 7) is 0.432. The van der Waals surface area contributed by atoms with E-state index < -0.39 is 0 Å². The minimum Gasteiger partial charge on any atom is -0.424 e. The van der Waals surface area contributed by atoms with Crippen molar-refractivity contribution in [2.45, 2.75) is 6.73 Å². The molecule has 0 radical (unpaired) electrons. The number of nitrogens with two attached hydrogens (primary N) is 1. The molecule has 0 spiro atoms. The van der Waals surface area contributed by atoms with E-state index in [2.05, 4.69) is 5.10 Å². The van der Waals surface area contributed by atoms with Crippen LogP contribution < -0.4 is 10.4 Å². The zero-order chi connectivity index (χ0) is 7.94. The lowest BCUT2D eigenvalue weighted by molar-refractivity contribution is -0.726. The fraction of sp³-hybridized carbons (Fsp3) is 0.143. The number of pyridine rings is 1. The Labute approximate surface area is 64.9 Å². The van der Waals surface area contributed by atoms with Gasteiger partial charge in [-0.15, -0.1) is 0 Å². The van der Waals surface area contributed by atoms with Gasteiger partial charge in [0, 0.05) is 12.1 Å². The Morgan fingerprint density at radius 2 is 2.09 bits per heavy atom. The minimum absolute atomic E-state index is 0.432. The summed E-state index contributed by atoms with van der Waals surface area (Å²) in [6.07, 6.45) is 4.99. The highest BCUT2D eigenvalue weighted by atomic mass is 16.5. The molecule has 0 saturated carbocycles. The molecule has 0 aliphatic heterocycles. The fourth-order valence-corrected chi connectivity index (χ4v) is 0.683. The molecule has 0 saturated heterocycles. The van der Waals surface area contributed by atoms with Gasteiger partial charge < -0.3 is 10.6 Å². The lowest BCUT2D eigenvalue weighted by Crippen LogP contribution is -2.33. The number of ether oxygens (including phenoxy) is 1. The van der Waals surface area contributed by atoms with E-state index in [0.717, 1.165) is 0 Å². The van der Waals surface area contributed by atoms with Crippen molar-refractivity contribution in [1.82, 2.24) is 0 Å². The average molecular weight is 152 g/mol. The summed E-state index contributed by atoms with van der Waals surface area (Å²) in [5.41, 5.74) is 0. The summed E-state index contributed by atoms with van der Waals surface area (Å²) < 4.78 is 6.78. The van der Waals surface area contributed by atoms with Gasteiger partial charge in [-0.25, -0.2) is 0 Å². The van der Waals surface area contributed by atoms with Gasteiger partial charge in [-0.1, -0.05) is 6.07 Å². The summed E-state index contributed by atoms with van der Waals surface area (Å²) in [7, 11) is 0. The van der Waals surface area contributed by atoms with Crippen molar-refractivity contribution in [2.75, 3.05) is 0 Å². The van der Waals surface area contributed by atoms with Crippen LogP contribution in [0.15, 0.2) is 35.7 Å². The van der Waals surface area contributed by atoms with Crippen LogP contribution in [0.1, 0.15) is 0 Å².